The van der Waals surface area contributed by atoms with Crippen LogP contribution < -0.4 is 11.3 Å². The third-order valence-electron chi connectivity index (χ3n) is 3.07. The fourth-order valence-electron chi connectivity index (χ4n) is 2.19. The van der Waals surface area contributed by atoms with E-state index in [0.717, 1.165) is 5.69 Å². The molecule has 0 amide bonds. The monoisotopic (exact) mass is 299 g/mol. The molecule has 0 saturated heterocycles. The highest BCUT2D eigenvalue weighted by molar-refractivity contribution is 6.42. The van der Waals surface area contributed by atoms with Gasteiger partial charge in [-0.1, -0.05) is 30.1 Å². The van der Waals surface area contributed by atoms with Gasteiger partial charge in [-0.3, -0.25) is 9.48 Å². The van der Waals surface area contributed by atoms with E-state index in [1.165, 1.54) is 4.68 Å². The molecule has 0 aliphatic heterocycles. The lowest BCUT2D eigenvalue weighted by atomic mass is 10.3. The van der Waals surface area contributed by atoms with E-state index in [4.69, 9.17) is 28.9 Å². The van der Waals surface area contributed by atoms with Gasteiger partial charge in [0.15, 0.2) is 0 Å². The van der Waals surface area contributed by atoms with E-state index in [-0.39, 0.29) is 11.2 Å². The Balaban J connectivity index is 2.74. The number of nitrogens with zero attached hydrogens (tertiary/aromatic N) is 2. The third kappa shape index (κ3) is 2.26. The van der Waals surface area contributed by atoms with Crippen molar-refractivity contribution in [2.75, 3.05) is 5.73 Å². The molecule has 0 fully saturated rings. The largest absolute Gasteiger partial charge is 0.393 e. The zero-order chi connectivity index (χ0) is 14.2. The Morgan fingerprint density at radius 2 is 1.89 bits per heavy atom. The molecule has 4 nitrogen and oxygen atoms in total. The lowest BCUT2D eigenvalue weighted by Gasteiger charge is -2.12. The van der Waals surface area contributed by atoms with Crippen LogP contribution in [0.4, 0.5) is 5.69 Å². The Kier molecular flexibility index (Phi) is 3.92. The van der Waals surface area contributed by atoms with Gasteiger partial charge in [-0.05, 0) is 31.5 Å². The first kappa shape index (κ1) is 14.0. The van der Waals surface area contributed by atoms with Crippen molar-refractivity contribution in [2.24, 2.45) is 0 Å². The number of benzene rings is 1. The minimum atomic E-state index is -0.225. The first-order valence-corrected chi connectivity index (χ1v) is 6.82. The fourth-order valence-corrected chi connectivity index (χ4v) is 2.48. The summed E-state index contributed by atoms with van der Waals surface area (Å²) < 4.78 is 3.40. The van der Waals surface area contributed by atoms with Crippen LogP contribution in [-0.2, 0) is 13.0 Å². The number of aromatic nitrogens is 2. The molecule has 2 rings (SSSR count). The summed E-state index contributed by atoms with van der Waals surface area (Å²) in [4.78, 5) is 12.3. The molecule has 0 radical (unpaired) electrons. The second kappa shape index (κ2) is 5.31. The fraction of sp³-hybridized carbons (Fsp3) is 0.308. The van der Waals surface area contributed by atoms with Gasteiger partial charge in [0.05, 0.1) is 21.4 Å². The average molecular weight is 300 g/mol. The van der Waals surface area contributed by atoms with Gasteiger partial charge in [0.1, 0.15) is 5.69 Å². The van der Waals surface area contributed by atoms with E-state index in [0.29, 0.717) is 28.7 Å². The van der Waals surface area contributed by atoms with Gasteiger partial charge < -0.3 is 5.73 Å². The zero-order valence-corrected chi connectivity index (χ0v) is 12.3. The number of hydrogen-bond donors (Lipinski definition) is 1. The maximum Gasteiger partial charge on any atom is 0.294 e. The summed E-state index contributed by atoms with van der Waals surface area (Å²) in [5, 5.41) is 0.864. The van der Waals surface area contributed by atoms with Crippen molar-refractivity contribution in [2.45, 2.75) is 26.8 Å². The van der Waals surface area contributed by atoms with Crippen LogP contribution >= 0.6 is 23.2 Å². The summed E-state index contributed by atoms with van der Waals surface area (Å²) in [5.41, 5.74) is 7.44. The van der Waals surface area contributed by atoms with Crippen LogP contribution in [0.3, 0.4) is 0 Å². The van der Waals surface area contributed by atoms with E-state index >= 15 is 0 Å². The summed E-state index contributed by atoms with van der Waals surface area (Å²) in [7, 11) is 0. The second-order valence-corrected chi connectivity index (χ2v) is 4.96. The highest BCUT2D eigenvalue weighted by Crippen LogP contribution is 2.24. The van der Waals surface area contributed by atoms with Crippen molar-refractivity contribution in [1.82, 2.24) is 9.36 Å². The minimum absolute atomic E-state index is 0.225. The molecule has 0 aliphatic carbocycles. The maximum atomic E-state index is 12.3. The van der Waals surface area contributed by atoms with Crippen LogP contribution in [0.1, 0.15) is 19.5 Å². The molecule has 102 valence electrons. The van der Waals surface area contributed by atoms with Crippen molar-refractivity contribution in [3.8, 4) is 5.69 Å². The van der Waals surface area contributed by atoms with Gasteiger partial charge in [0.2, 0.25) is 0 Å². The van der Waals surface area contributed by atoms with Crippen LogP contribution in [0.5, 0.6) is 0 Å². The van der Waals surface area contributed by atoms with Gasteiger partial charge in [-0.25, -0.2) is 4.68 Å². The highest BCUT2D eigenvalue weighted by Gasteiger charge is 2.17. The maximum absolute atomic E-state index is 12.3. The van der Waals surface area contributed by atoms with Crippen molar-refractivity contribution in [3.05, 3.63) is 44.3 Å². The lowest BCUT2D eigenvalue weighted by molar-refractivity contribution is 0.551. The van der Waals surface area contributed by atoms with Gasteiger partial charge in [0, 0.05) is 6.54 Å². The van der Waals surface area contributed by atoms with Crippen LogP contribution in [0.15, 0.2) is 23.0 Å². The zero-order valence-electron chi connectivity index (χ0n) is 10.8. The normalized spacial score (nSPS) is 10.9. The second-order valence-electron chi connectivity index (χ2n) is 4.15. The topological polar surface area (TPSA) is 53.0 Å². The Bertz CT molecular complexity index is 673. The number of nitrogens with two attached hydrogens (primary N) is 1. The first-order chi connectivity index (χ1) is 9.01. The molecule has 1 heterocycles. The molecule has 6 heteroatoms. The van der Waals surface area contributed by atoms with Crippen LogP contribution in [0.25, 0.3) is 5.69 Å². The van der Waals surface area contributed by atoms with E-state index in [1.807, 2.05) is 18.5 Å². The number of hydrogen-bond acceptors (Lipinski definition) is 2. The molecule has 0 unspecified atom stereocenters. The van der Waals surface area contributed by atoms with Gasteiger partial charge in [-0.15, -0.1) is 0 Å². The number of rotatable bonds is 3. The summed E-state index contributed by atoms with van der Waals surface area (Å²) in [6.07, 6.45) is 0.698. The molecule has 0 spiro atoms. The molecule has 0 bridgehead atoms. The molecule has 2 N–H and O–H groups in total. The molecule has 0 saturated carbocycles. The molecule has 1 aromatic heterocycles. The predicted molar refractivity (Wildman–Crippen MR) is 79.5 cm³/mol. The smallest absolute Gasteiger partial charge is 0.294 e. The summed E-state index contributed by atoms with van der Waals surface area (Å²) >= 11 is 11.9. The number of anilines is 1. The molecular formula is C13H15Cl2N3O. The van der Waals surface area contributed by atoms with Crippen LogP contribution in [-0.4, -0.2) is 9.36 Å². The SMILES string of the molecule is CCc1c(N)c(=O)n(-c2ccc(Cl)c(Cl)c2)n1CC. The molecule has 0 atom stereocenters. The Morgan fingerprint density at radius 3 is 2.42 bits per heavy atom. The minimum Gasteiger partial charge on any atom is -0.393 e. The van der Waals surface area contributed by atoms with E-state index in [9.17, 15) is 4.79 Å². The standard InChI is InChI=1S/C13H15Cl2N3O/c1-3-11-12(16)13(19)18(17(11)4-2)8-5-6-9(14)10(15)7-8/h5-7H,3-4,16H2,1-2H3. The molecule has 1 aromatic carbocycles. The Hall–Kier alpha value is -1.39. The van der Waals surface area contributed by atoms with Gasteiger partial charge >= 0.3 is 0 Å². The van der Waals surface area contributed by atoms with Crippen LogP contribution in [0.2, 0.25) is 10.0 Å². The van der Waals surface area contributed by atoms with E-state index in [1.54, 1.807) is 18.2 Å². The average Bonchev–Trinajstić information content (AvgIpc) is 2.64. The predicted octanol–water partition coefficient (Wildman–Crippen LogP) is 3.11. The van der Waals surface area contributed by atoms with E-state index < -0.39 is 0 Å². The van der Waals surface area contributed by atoms with Crippen molar-refractivity contribution >= 4 is 28.9 Å². The quantitative estimate of drug-likeness (QED) is 0.947. The van der Waals surface area contributed by atoms with E-state index in [2.05, 4.69) is 0 Å². The lowest BCUT2D eigenvalue weighted by Crippen LogP contribution is -2.22. The molecule has 2 aromatic rings. The summed E-state index contributed by atoms with van der Waals surface area (Å²) in [5.74, 6) is 0. The summed E-state index contributed by atoms with van der Waals surface area (Å²) in [6.45, 7) is 4.58. The van der Waals surface area contributed by atoms with Crippen LogP contribution in [0, 0.1) is 0 Å². The van der Waals surface area contributed by atoms with Crippen molar-refractivity contribution < 1.29 is 0 Å². The first-order valence-electron chi connectivity index (χ1n) is 6.06. The Morgan fingerprint density at radius 1 is 1.21 bits per heavy atom. The Labute approximate surface area is 121 Å². The summed E-state index contributed by atoms with van der Waals surface area (Å²) in [6, 6.07) is 5.08. The number of nitrogen functional groups attached to an aromatic ring is 1. The third-order valence-corrected chi connectivity index (χ3v) is 3.81. The molecule has 19 heavy (non-hydrogen) atoms. The molecular weight excluding hydrogens is 285 g/mol. The van der Waals surface area contributed by atoms with Gasteiger partial charge in [-0.2, -0.15) is 0 Å². The number of halogens is 2. The molecule has 0 aliphatic rings. The highest BCUT2D eigenvalue weighted by atomic mass is 35.5. The van der Waals surface area contributed by atoms with Gasteiger partial charge in [0.25, 0.3) is 5.56 Å². The van der Waals surface area contributed by atoms with Crippen molar-refractivity contribution in [3.63, 3.8) is 0 Å². The van der Waals surface area contributed by atoms with Crippen molar-refractivity contribution in [1.29, 1.82) is 0 Å².